The standard InChI is InChI=1S/C23H23N5O5S2/c1-33-26-17(13-8-16(24)34-10-13)20(29)25-18-21(30)28-19(23(31)32)14(11-35-22(18)28)9-27-7-3-5-12-4-2-6-15(12)27/h3,5,7-8,10,18,22H,2,4,6,9,11,24H2,1H3,(H-,25,29,31,32)/b26-17+. The molecule has 2 aromatic heterocycles. The molecule has 0 aromatic carbocycles. The third-order valence-electron chi connectivity index (χ3n) is 6.32. The van der Waals surface area contributed by atoms with Gasteiger partial charge in [0.25, 0.3) is 11.8 Å². The molecule has 1 saturated heterocycles. The Hall–Kier alpha value is -3.38. The number of thiophene rings is 1. The van der Waals surface area contributed by atoms with Crippen LogP contribution in [0.2, 0.25) is 0 Å². The van der Waals surface area contributed by atoms with E-state index >= 15 is 0 Å². The van der Waals surface area contributed by atoms with E-state index < -0.39 is 29.2 Å². The third-order valence-corrected chi connectivity index (χ3v) is 8.42. The molecule has 12 heteroatoms. The molecule has 182 valence electrons. The van der Waals surface area contributed by atoms with Crippen LogP contribution in [-0.4, -0.2) is 52.7 Å². The van der Waals surface area contributed by atoms with Crippen molar-refractivity contribution in [2.45, 2.75) is 37.2 Å². The number of amides is 2. The first-order valence-electron chi connectivity index (χ1n) is 11.0. The predicted octanol–water partition coefficient (Wildman–Crippen LogP) is -0.439. The van der Waals surface area contributed by atoms with E-state index in [2.05, 4.69) is 21.1 Å². The summed E-state index contributed by atoms with van der Waals surface area (Å²) in [5, 5.41) is 20.2. The van der Waals surface area contributed by atoms with E-state index in [1.165, 1.54) is 46.4 Å². The number of rotatable bonds is 7. The number of pyridine rings is 1. The normalized spacial score (nSPS) is 21.3. The summed E-state index contributed by atoms with van der Waals surface area (Å²) in [6.45, 7) is 0.372. The molecule has 1 aliphatic carbocycles. The van der Waals surface area contributed by atoms with E-state index in [0.29, 0.717) is 28.4 Å². The number of carboxylic acids is 1. The summed E-state index contributed by atoms with van der Waals surface area (Å²) in [5.41, 5.74) is 9.19. The van der Waals surface area contributed by atoms with E-state index in [1.54, 1.807) is 11.4 Å². The lowest BCUT2D eigenvalue weighted by atomic mass is 10.0. The Kier molecular flexibility index (Phi) is 6.24. The van der Waals surface area contributed by atoms with Crippen LogP contribution in [0.1, 0.15) is 23.2 Å². The largest absolute Gasteiger partial charge is 0.543 e. The summed E-state index contributed by atoms with van der Waals surface area (Å²) in [5.74, 6) is -2.10. The summed E-state index contributed by atoms with van der Waals surface area (Å²) in [7, 11) is 1.31. The number of aryl methyl sites for hydroxylation is 1. The minimum absolute atomic E-state index is 0.0156. The number of hydrogen-bond donors (Lipinski definition) is 2. The zero-order valence-electron chi connectivity index (χ0n) is 18.9. The molecule has 2 atom stereocenters. The maximum Gasteiger partial charge on any atom is 0.274 e. The van der Waals surface area contributed by atoms with Crippen LogP contribution in [0.15, 0.2) is 46.2 Å². The highest BCUT2D eigenvalue weighted by Gasteiger charge is 2.53. The van der Waals surface area contributed by atoms with Crippen molar-refractivity contribution >= 4 is 51.6 Å². The van der Waals surface area contributed by atoms with Gasteiger partial charge in [0.15, 0.2) is 24.1 Å². The fourth-order valence-corrected chi connectivity index (χ4v) is 6.73. The number of nitrogens with two attached hydrogens (primary N) is 1. The van der Waals surface area contributed by atoms with Crippen LogP contribution in [0, 0.1) is 0 Å². The molecule has 10 nitrogen and oxygen atoms in total. The topological polar surface area (TPSA) is 141 Å². The Morgan fingerprint density at radius 2 is 2.23 bits per heavy atom. The van der Waals surface area contributed by atoms with Crippen LogP contribution in [0.25, 0.3) is 0 Å². The number of thioether (sulfide) groups is 1. The number of hydrogen-bond acceptors (Lipinski definition) is 9. The number of carboxylic acid groups (broad SMARTS) is 1. The van der Waals surface area contributed by atoms with Gasteiger partial charge in [-0.3, -0.25) is 14.5 Å². The Balaban J connectivity index is 1.36. The Morgan fingerprint density at radius 1 is 1.40 bits per heavy atom. The molecule has 2 aromatic rings. The molecule has 35 heavy (non-hydrogen) atoms. The quantitative estimate of drug-likeness (QED) is 0.221. The molecular formula is C23H23N5O5S2. The van der Waals surface area contributed by atoms with Crippen LogP contribution in [-0.2, 0) is 38.6 Å². The van der Waals surface area contributed by atoms with Crippen molar-refractivity contribution in [2.24, 2.45) is 5.16 Å². The van der Waals surface area contributed by atoms with Gasteiger partial charge in [-0.1, -0.05) is 5.16 Å². The second-order valence-corrected chi connectivity index (χ2v) is 10.5. The minimum atomic E-state index is -1.40. The van der Waals surface area contributed by atoms with Crippen molar-refractivity contribution in [1.29, 1.82) is 0 Å². The van der Waals surface area contributed by atoms with E-state index in [9.17, 15) is 19.5 Å². The molecule has 0 spiro atoms. The van der Waals surface area contributed by atoms with E-state index in [0.717, 1.165) is 19.3 Å². The van der Waals surface area contributed by atoms with Gasteiger partial charge in [-0.25, -0.2) is 0 Å². The van der Waals surface area contributed by atoms with E-state index in [-0.39, 0.29) is 11.4 Å². The van der Waals surface area contributed by atoms with Crippen molar-refractivity contribution < 1.29 is 28.9 Å². The average Bonchev–Trinajstić information content (AvgIpc) is 3.49. The lowest BCUT2D eigenvalue weighted by Gasteiger charge is -2.50. The van der Waals surface area contributed by atoms with Crippen molar-refractivity contribution in [3.05, 3.63) is 57.9 Å². The Labute approximate surface area is 209 Å². The Bertz CT molecular complexity index is 1290. The first-order valence-corrected chi connectivity index (χ1v) is 13.0. The third kappa shape index (κ3) is 4.16. The maximum atomic E-state index is 13.0. The second-order valence-electron chi connectivity index (χ2n) is 8.42. The Morgan fingerprint density at radius 3 is 2.94 bits per heavy atom. The summed E-state index contributed by atoms with van der Waals surface area (Å²) in [6, 6.07) is 4.75. The number of anilines is 1. The molecule has 2 unspecified atom stereocenters. The van der Waals surface area contributed by atoms with Crippen molar-refractivity contribution in [3.8, 4) is 0 Å². The van der Waals surface area contributed by atoms with Gasteiger partial charge in [0, 0.05) is 40.3 Å². The second kappa shape index (κ2) is 9.34. The highest BCUT2D eigenvalue weighted by Crippen LogP contribution is 2.40. The molecule has 5 rings (SSSR count). The highest BCUT2D eigenvalue weighted by molar-refractivity contribution is 8.00. The van der Waals surface area contributed by atoms with Crippen LogP contribution < -0.4 is 20.7 Å². The highest BCUT2D eigenvalue weighted by atomic mass is 32.2. The lowest BCUT2D eigenvalue weighted by molar-refractivity contribution is -0.696. The smallest absolute Gasteiger partial charge is 0.274 e. The molecule has 0 radical (unpaired) electrons. The van der Waals surface area contributed by atoms with Crippen LogP contribution in [0.3, 0.4) is 0 Å². The SMILES string of the molecule is CO/N=C(/C(=O)NC1C(=O)N2C(C(=O)[O-])=C(C[n+]3cccc4c3CCC4)CSC12)c1csc(N)c1. The molecule has 2 aliphatic heterocycles. The van der Waals surface area contributed by atoms with Gasteiger partial charge in [-0.05, 0) is 25.0 Å². The fourth-order valence-electron chi connectivity index (χ4n) is 4.76. The molecule has 0 bridgehead atoms. The van der Waals surface area contributed by atoms with Gasteiger partial charge in [0.1, 0.15) is 18.5 Å². The first kappa shape index (κ1) is 23.4. The number of nitrogens with zero attached hydrogens (tertiary/aromatic N) is 3. The van der Waals surface area contributed by atoms with E-state index in [1.807, 2.05) is 12.3 Å². The molecule has 0 saturated carbocycles. The van der Waals surface area contributed by atoms with Gasteiger partial charge >= 0.3 is 0 Å². The minimum Gasteiger partial charge on any atom is -0.543 e. The number of nitrogen functional groups attached to an aromatic ring is 1. The van der Waals surface area contributed by atoms with Gasteiger partial charge < -0.3 is 25.8 Å². The average molecular weight is 514 g/mol. The molecule has 3 N–H and O–H groups in total. The number of fused-ring (bicyclic) bond motifs is 2. The van der Waals surface area contributed by atoms with Gasteiger partial charge in [-0.2, -0.15) is 4.57 Å². The van der Waals surface area contributed by atoms with Crippen molar-refractivity contribution in [3.63, 3.8) is 0 Å². The van der Waals surface area contributed by atoms with Gasteiger partial charge in [-0.15, -0.1) is 23.1 Å². The number of β-lactam (4-membered cyclic amide) rings is 1. The number of nitrogens with one attached hydrogen (secondary N) is 1. The molecule has 1 fully saturated rings. The monoisotopic (exact) mass is 513 g/mol. The molecule has 3 aliphatic rings. The zero-order chi connectivity index (χ0) is 24.7. The lowest BCUT2D eigenvalue weighted by Crippen LogP contribution is -2.71. The molecule has 2 amide bonds. The summed E-state index contributed by atoms with van der Waals surface area (Å²) in [4.78, 5) is 44.1. The summed E-state index contributed by atoms with van der Waals surface area (Å²) < 4.78 is 2.06. The van der Waals surface area contributed by atoms with Gasteiger partial charge in [0.2, 0.25) is 0 Å². The fraction of sp³-hybridized carbons (Fsp3) is 0.348. The summed E-state index contributed by atoms with van der Waals surface area (Å²) >= 11 is 2.66. The van der Waals surface area contributed by atoms with Crippen LogP contribution in [0.4, 0.5) is 5.00 Å². The maximum absolute atomic E-state index is 13.0. The molecule has 4 heterocycles. The first-order chi connectivity index (χ1) is 16.9. The van der Waals surface area contributed by atoms with Crippen molar-refractivity contribution in [2.75, 3.05) is 18.6 Å². The van der Waals surface area contributed by atoms with Crippen molar-refractivity contribution in [1.82, 2.24) is 10.2 Å². The van der Waals surface area contributed by atoms with Gasteiger partial charge in [0.05, 0.1) is 16.7 Å². The molecular weight excluding hydrogens is 490 g/mol. The predicted molar refractivity (Wildman–Crippen MR) is 128 cm³/mol. The number of aromatic nitrogens is 1. The number of oxime groups is 1. The summed E-state index contributed by atoms with van der Waals surface area (Å²) in [6.07, 6.45) is 4.96. The number of aliphatic carboxylic acids is 1. The number of carbonyl (C=O) groups excluding carboxylic acids is 3. The number of carbonyl (C=O) groups is 3. The van der Waals surface area contributed by atoms with Crippen LogP contribution >= 0.6 is 23.1 Å². The van der Waals surface area contributed by atoms with E-state index in [4.69, 9.17) is 10.6 Å². The zero-order valence-corrected chi connectivity index (χ0v) is 20.5. The van der Waals surface area contributed by atoms with Crippen LogP contribution in [0.5, 0.6) is 0 Å².